The Bertz CT molecular complexity index is 1030. The Labute approximate surface area is 167 Å². The van der Waals surface area contributed by atoms with Gasteiger partial charge in [0.25, 0.3) is 0 Å². The molecule has 0 radical (unpaired) electrons. The van der Waals surface area contributed by atoms with E-state index in [9.17, 15) is 13.2 Å². The van der Waals surface area contributed by atoms with E-state index in [0.717, 1.165) is 22.8 Å². The lowest BCUT2D eigenvalue weighted by atomic mass is 9.82. The van der Waals surface area contributed by atoms with Crippen LogP contribution >= 0.6 is 0 Å². The molecule has 0 aromatic heterocycles. The van der Waals surface area contributed by atoms with Crippen LogP contribution in [0.25, 0.3) is 0 Å². The van der Waals surface area contributed by atoms with E-state index in [4.69, 9.17) is 4.74 Å². The summed E-state index contributed by atoms with van der Waals surface area (Å²) in [4.78, 5) is 2.21. The van der Waals surface area contributed by atoms with Gasteiger partial charge in [-0.1, -0.05) is 72.8 Å². The van der Waals surface area contributed by atoms with Crippen LogP contribution in [0.4, 0.5) is 13.2 Å². The third kappa shape index (κ3) is 3.05. The molecule has 0 aliphatic carbocycles. The predicted molar refractivity (Wildman–Crippen MR) is 104 cm³/mol. The molecule has 1 saturated heterocycles. The van der Waals surface area contributed by atoms with Crippen LogP contribution < -0.4 is 0 Å². The van der Waals surface area contributed by atoms with Gasteiger partial charge in [-0.15, -0.1) is 0 Å². The molecule has 3 aromatic carbocycles. The SMILES string of the molecule is FC(F)(F)c1ccccc1C12CN(Cc3ccccc3)CC(O1)c1ccccc12. The molecule has 2 nitrogen and oxygen atoms in total. The van der Waals surface area contributed by atoms with Crippen LogP contribution in [-0.2, 0) is 23.1 Å². The summed E-state index contributed by atoms with van der Waals surface area (Å²) in [6, 6.07) is 23.5. The Kier molecular flexibility index (Phi) is 4.26. The normalized spacial score (nSPS) is 23.8. The Balaban J connectivity index is 1.63. The van der Waals surface area contributed by atoms with Crippen LogP contribution in [0.3, 0.4) is 0 Å². The van der Waals surface area contributed by atoms with E-state index >= 15 is 0 Å². The van der Waals surface area contributed by atoms with E-state index in [2.05, 4.69) is 4.90 Å². The first-order valence-electron chi connectivity index (χ1n) is 9.67. The van der Waals surface area contributed by atoms with E-state index < -0.39 is 17.3 Å². The molecular weight excluding hydrogens is 375 g/mol. The van der Waals surface area contributed by atoms with Crippen LogP contribution in [0.5, 0.6) is 0 Å². The molecule has 1 fully saturated rings. The molecule has 2 heterocycles. The monoisotopic (exact) mass is 395 g/mol. The number of fused-ring (bicyclic) bond motifs is 5. The van der Waals surface area contributed by atoms with Crippen molar-refractivity contribution in [2.24, 2.45) is 0 Å². The second kappa shape index (κ2) is 6.71. The average molecular weight is 395 g/mol. The fourth-order valence-corrected chi connectivity index (χ4v) is 4.73. The van der Waals surface area contributed by atoms with Crippen molar-refractivity contribution in [1.29, 1.82) is 0 Å². The number of hydrogen-bond acceptors (Lipinski definition) is 2. The molecule has 5 rings (SSSR count). The van der Waals surface area contributed by atoms with Crippen LogP contribution in [0, 0.1) is 0 Å². The van der Waals surface area contributed by atoms with Gasteiger partial charge in [0, 0.05) is 25.2 Å². The molecule has 2 bridgehead atoms. The number of nitrogens with zero attached hydrogens (tertiary/aromatic N) is 1. The van der Waals surface area contributed by atoms with E-state index in [1.165, 1.54) is 6.07 Å². The summed E-state index contributed by atoms with van der Waals surface area (Å²) in [5.74, 6) is 0. The predicted octanol–water partition coefficient (Wildman–Crippen LogP) is 5.54. The minimum absolute atomic E-state index is 0.195. The summed E-state index contributed by atoms with van der Waals surface area (Å²) in [5.41, 5.74) is 1.41. The molecule has 0 saturated carbocycles. The van der Waals surface area contributed by atoms with Gasteiger partial charge in [-0.05, 0) is 22.8 Å². The number of hydrogen-bond donors (Lipinski definition) is 0. The Hall–Kier alpha value is -2.63. The summed E-state index contributed by atoms with van der Waals surface area (Å²) >= 11 is 0. The lowest BCUT2D eigenvalue weighted by molar-refractivity contribution is -0.149. The fourth-order valence-electron chi connectivity index (χ4n) is 4.73. The summed E-state index contributed by atoms with van der Waals surface area (Å²) in [7, 11) is 0. The Morgan fingerprint density at radius 1 is 0.862 bits per heavy atom. The second-order valence-electron chi connectivity index (χ2n) is 7.72. The Morgan fingerprint density at radius 3 is 2.28 bits per heavy atom. The van der Waals surface area contributed by atoms with Crippen molar-refractivity contribution >= 4 is 0 Å². The zero-order valence-corrected chi connectivity index (χ0v) is 15.7. The first-order valence-corrected chi connectivity index (χ1v) is 9.67. The maximum absolute atomic E-state index is 13.9. The van der Waals surface area contributed by atoms with E-state index in [-0.39, 0.29) is 11.7 Å². The highest BCUT2D eigenvalue weighted by Gasteiger charge is 2.53. The van der Waals surface area contributed by atoms with Crippen LogP contribution in [0.2, 0.25) is 0 Å². The van der Waals surface area contributed by atoms with Crippen molar-refractivity contribution in [3.63, 3.8) is 0 Å². The zero-order chi connectivity index (χ0) is 20.1. The van der Waals surface area contributed by atoms with Crippen LogP contribution in [0.1, 0.15) is 33.9 Å². The highest BCUT2D eigenvalue weighted by molar-refractivity contribution is 5.50. The highest BCUT2D eigenvalue weighted by atomic mass is 19.4. The minimum Gasteiger partial charge on any atom is -0.355 e. The van der Waals surface area contributed by atoms with Crippen molar-refractivity contribution in [2.75, 3.05) is 13.1 Å². The van der Waals surface area contributed by atoms with Gasteiger partial charge in [-0.3, -0.25) is 4.90 Å². The van der Waals surface area contributed by atoms with Crippen molar-refractivity contribution in [1.82, 2.24) is 4.90 Å². The van der Waals surface area contributed by atoms with Crippen molar-refractivity contribution in [2.45, 2.75) is 24.4 Å². The van der Waals surface area contributed by atoms with Crippen molar-refractivity contribution < 1.29 is 17.9 Å². The second-order valence-corrected chi connectivity index (χ2v) is 7.72. The van der Waals surface area contributed by atoms with E-state index in [1.54, 1.807) is 12.1 Å². The summed E-state index contributed by atoms with van der Waals surface area (Å²) in [5, 5.41) is 0. The summed E-state index contributed by atoms with van der Waals surface area (Å²) in [6.45, 7) is 1.70. The summed E-state index contributed by atoms with van der Waals surface area (Å²) in [6.07, 6.45) is -4.69. The minimum atomic E-state index is -4.44. The number of benzene rings is 3. The lowest BCUT2D eigenvalue weighted by Crippen LogP contribution is -2.47. The zero-order valence-electron chi connectivity index (χ0n) is 15.7. The standard InChI is InChI=1S/C24H20F3NO/c25-24(26,27)21-13-7-6-12-20(21)23-16-28(14-17-8-2-1-3-9-17)15-22(29-23)18-10-4-5-11-19(18)23/h1-13,22H,14-16H2. The van der Waals surface area contributed by atoms with Crippen molar-refractivity contribution in [3.8, 4) is 0 Å². The Morgan fingerprint density at radius 2 is 1.52 bits per heavy atom. The molecule has 29 heavy (non-hydrogen) atoms. The lowest BCUT2D eigenvalue weighted by Gasteiger charge is -2.42. The maximum atomic E-state index is 13.9. The van der Waals surface area contributed by atoms with Gasteiger partial charge < -0.3 is 4.74 Å². The highest BCUT2D eigenvalue weighted by Crippen LogP contribution is 2.53. The maximum Gasteiger partial charge on any atom is 0.416 e. The van der Waals surface area contributed by atoms with Gasteiger partial charge in [0.2, 0.25) is 0 Å². The molecule has 3 aromatic rings. The van der Waals surface area contributed by atoms with Gasteiger partial charge in [0.05, 0.1) is 11.7 Å². The third-order valence-electron chi connectivity index (χ3n) is 5.87. The van der Waals surface area contributed by atoms with Crippen LogP contribution in [0.15, 0.2) is 78.9 Å². The molecule has 2 unspecified atom stereocenters. The molecule has 148 valence electrons. The smallest absolute Gasteiger partial charge is 0.355 e. The molecule has 0 N–H and O–H groups in total. The number of halogens is 3. The number of alkyl halides is 3. The first-order chi connectivity index (χ1) is 14.0. The number of rotatable bonds is 3. The van der Waals surface area contributed by atoms with E-state index in [0.29, 0.717) is 19.6 Å². The molecule has 2 atom stereocenters. The van der Waals surface area contributed by atoms with Gasteiger partial charge in [0.1, 0.15) is 5.60 Å². The number of morpholine rings is 1. The van der Waals surface area contributed by atoms with Gasteiger partial charge in [-0.25, -0.2) is 0 Å². The first kappa shape index (κ1) is 18.4. The largest absolute Gasteiger partial charge is 0.416 e. The number of ether oxygens (including phenoxy) is 1. The molecule has 5 heteroatoms. The van der Waals surface area contributed by atoms with Gasteiger partial charge in [0.15, 0.2) is 0 Å². The molecule has 2 aliphatic rings. The fraction of sp³-hybridized carbons (Fsp3) is 0.250. The van der Waals surface area contributed by atoms with Gasteiger partial charge in [-0.2, -0.15) is 13.2 Å². The molecule has 0 spiro atoms. The molecule has 2 aliphatic heterocycles. The summed E-state index contributed by atoms with van der Waals surface area (Å²) < 4.78 is 48.0. The van der Waals surface area contributed by atoms with Crippen molar-refractivity contribution in [3.05, 3.63) is 107 Å². The average Bonchev–Trinajstić information content (AvgIpc) is 2.96. The van der Waals surface area contributed by atoms with Crippen LogP contribution in [-0.4, -0.2) is 18.0 Å². The molecular formula is C24H20F3NO. The topological polar surface area (TPSA) is 12.5 Å². The quantitative estimate of drug-likeness (QED) is 0.578. The van der Waals surface area contributed by atoms with Gasteiger partial charge >= 0.3 is 6.18 Å². The molecule has 0 amide bonds. The van der Waals surface area contributed by atoms with E-state index in [1.807, 2.05) is 54.6 Å². The third-order valence-corrected chi connectivity index (χ3v) is 5.87.